The first-order valence-corrected chi connectivity index (χ1v) is 13.4. The van der Waals surface area contributed by atoms with Crippen LogP contribution >= 0.6 is 0 Å². The molecule has 0 unspecified atom stereocenters. The SMILES string of the molecule is [C-]#[N+]C1(c2ccc(F)cc2)CCN(c2c(C(=O)N3CCN(C(=O)C4CC4)CC3)cnc3ccc(F)cc23)CC1. The summed E-state index contributed by atoms with van der Waals surface area (Å²) in [6, 6.07) is 10.5. The molecule has 1 aliphatic carbocycles. The van der Waals surface area contributed by atoms with Gasteiger partial charge in [0.25, 0.3) is 11.4 Å². The van der Waals surface area contributed by atoms with E-state index in [1.54, 1.807) is 29.3 Å². The molecule has 2 amide bonds. The van der Waals surface area contributed by atoms with Gasteiger partial charge in [-0.25, -0.2) is 15.4 Å². The Morgan fingerprint density at radius 3 is 2.18 bits per heavy atom. The molecule has 0 bridgehead atoms. The zero-order valence-corrected chi connectivity index (χ0v) is 21.6. The Bertz CT molecular complexity index is 1470. The fourth-order valence-corrected chi connectivity index (χ4v) is 5.86. The maximum absolute atomic E-state index is 14.4. The lowest BCUT2D eigenvalue weighted by Gasteiger charge is -2.38. The van der Waals surface area contributed by atoms with E-state index in [0.717, 1.165) is 18.4 Å². The van der Waals surface area contributed by atoms with Crippen molar-refractivity contribution < 1.29 is 18.4 Å². The number of anilines is 1. The quantitative estimate of drug-likeness (QED) is 0.463. The van der Waals surface area contributed by atoms with Crippen molar-refractivity contribution in [2.45, 2.75) is 31.2 Å². The number of halogens is 2. The van der Waals surface area contributed by atoms with Gasteiger partial charge in [-0.2, -0.15) is 0 Å². The Balaban J connectivity index is 1.29. The van der Waals surface area contributed by atoms with E-state index in [4.69, 9.17) is 6.57 Å². The van der Waals surface area contributed by atoms with Gasteiger partial charge in [0.15, 0.2) is 0 Å². The molecule has 3 aliphatic rings. The third-order valence-corrected chi connectivity index (χ3v) is 8.34. The number of nitrogens with zero attached hydrogens (tertiary/aromatic N) is 5. The van der Waals surface area contributed by atoms with Crippen molar-refractivity contribution in [3.63, 3.8) is 0 Å². The van der Waals surface area contributed by atoms with Crippen molar-refractivity contribution in [1.82, 2.24) is 14.8 Å². The minimum Gasteiger partial charge on any atom is -0.370 e. The number of aromatic nitrogens is 1. The number of fused-ring (bicyclic) bond motifs is 1. The third kappa shape index (κ3) is 4.69. The van der Waals surface area contributed by atoms with Crippen LogP contribution in [-0.4, -0.2) is 65.9 Å². The lowest BCUT2D eigenvalue weighted by molar-refractivity contribution is -0.134. The van der Waals surface area contributed by atoms with Crippen LogP contribution in [0.2, 0.25) is 0 Å². The predicted octanol–water partition coefficient (Wildman–Crippen LogP) is 4.62. The first-order chi connectivity index (χ1) is 18.9. The lowest BCUT2D eigenvalue weighted by atomic mass is 9.81. The molecule has 3 heterocycles. The van der Waals surface area contributed by atoms with E-state index in [-0.39, 0.29) is 23.5 Å². The molecule has 39 heavy (non-hydrogen) atoms. The Morgan fingerprint density at radius 1 is 0.897 bits per heavy atom. The van der Waals surface area contributed by atoms with Crippen LogP contribution in [0.4, 0.5) is 14.5 Å². The van der Waals surface area contributed by atoms with E-state index in [2.05, 4.69) is 14.7 Å². The molecule has 0 radical (unpaired) electrons. The Hall–Kier alpha value is -4.06. The second-order valence-corrected chi connectivity index (χ2v) is 10.7. The minimum absolute atomic E-state index is 0.148. The van der Waals surface area contributed by atoms with Gasteiger partial charge >= 0.3 is 0 Å². The predicted molar refractivity (Wildman–Crippen MR) is 143 cm³/mol. The second kappa shape index (κ2) is 9.92. The summed E-state index contributed by atoms with van der Waals surface area (Å²) in [7, 11) is 0. The van der Waals surface area contributed by atoms with Crippen LogP contribution in [0.3, 0.4) is 0 Å². The maximum Gasteiger partial charge on any atom is 0.260 e. The summed E-state index contributed by atoms with van der Waals surface area (Å²) in [6.07, 6.45) is 4.43. The van der Waals surface area contributed by atoms with Crippen molar-refractivity contribution in [3.05, 3.63) is 82.8 Å². The van der Waals surface area contributed by atoms with Crippen LogP contribution in [0.1, 0.15) is 41.6 Å². The molecule has 6 rings (SSSR count). The second-order valence-electron chi connectivity index (χ2n) is 10.7. The minimum atomic E-state index is -0.785. The van der Waals surface area contributed by atoms with Gasteiger partial charge in [0, 0.05) is 75.2 Å². The number of amides is 2. The third-order valence-electron chi connectivity index (χ3n) is 8.34. The van der Waals surface area contributed by atoms with Gasteiger partial charge < -0.3 is 19.5 Å². The van der Waals surface area contributed by atoms with Gasteiger partial charge in [0.1, 0.15) is 11.6 Å². The summed E-state index contributed by atoms with van der Waals surface area (Å²) < 4.78 is 28.0. The molecule has 7 nitrogen and oxygen atoms in total. The maximum atomic E-state index is 14.4. The molecule has 2 aliphatic heterocycles. The Labute approximate surface area is 225 Å². The van der Waals surface area contributed by atoms with E-state index in [9.17, 15) is 18.4 Å². The van der Waals surface area contributed by atoms with E-state index in [1.807, 2.05) is 4.90 Å². The van der Waals surface area contributed by atoms with Gasteiger partial charge in [0.05, 0.1) is 16.8 Å². The van der Waals surface area contributed by atoms with E-state index < -0.39 is 11.4 Å². The molecule has 0 spiro atoms. The Kier molecular flexibility index (Phi) is 6.42. The fraction of sp³-hybridized carbons (Fsp3) is 0.400. The molecule has 0 atom stereocenters. The molecule has 9 heteroatoms. The van der Waals surface area contributed by atoms with Gasteiger partial charge in [-0.3, -0.25) is 14.6 Å². The van der Waals surface area contributed by atoms with Crippen molar-refractivity contribution in [3.8, 4) is 0 Å². The highest BCUT2D eigenvalue weighted by molar-refractivity contribution is 6.07. The lowest BCUT2D eigenvalue weighted by Crippen LogP contribution is -2.51. The fourth-order valence-electron chi connectivity index (χ4n) is 5.86. The number of carbonyl (C=O) groups is 2. The standard InChI is InChI=1S/C30H29F2N5O2/c1-33-30(21-4-6-22(31)7-5-21)10-12-35(13-11-30)27-24-18-23(32)8-9-26(24)34-19-25(27)29(39)37-16-14-36(15-17-37)28(38)20-2-3-20/h4-9,18-20H,2-3,10-17H2. The van der Waals surface area contributed by atoms with Crippen LogP contribution in [0.5, 0.6) is 0 Å². The number of hydrogen-bond donors (Lipinski definition) is 0. The number of piperidine rings is 1. The van der Waals surface area contributed by atoms with Gasteiger partial charge in [-0.15, -0.1) is 0 Å². The number of pyridine rings is 1. The summed E-state index contributed by atoms with van der Waals surface area (Å²) in [5, 5.41) is 0.556. The van der Waals surface area contributed by atoms with E-state index in [1.165, 1.54) is 24.3 Å². The molecule has 3 fully saturated rings. The number of carbonyl (C=O) groups excluding carboxylic acids is 2. The highest BCUT2D eigenvalue weighted by atomic mass is 19.1. The molecule has 1 aromatic heterocycles. The van der Waals surface area contributed by atoms with E-state index >= 15 is 0 Å². The molecule has 2 aromatic carbocycles. The monoisotopic (exact) mass is 529 g/mol. The topological polar surface area (TPSA) is 61.1 Å². The van der Waals surface area contributed by atoms with Crippen LogP contribution in [0.25, 0.3) is 15.7 Å². The highest BCUT2D eigenvalue weighted by Gasteiger charge is 2.43. The van der Waals surface area contributed by atoms with Crippen molar-refractivity contribution in [1.29, 1.82) is 0 Å². The average molecular weight is 530 g/mol. The molecule has 200 valence electrons. The van der Waals surface area contributed by atoms with Crippen LogP contribution < -0.4 is 4.90 Å². The number of piperazine rings is 1. The van der Waals surface area contributed by atoms with Crippen LogP contribution in [0, 0.1) is 24.1 Å². The zero-order chi connectivity index (χ0) is 27.1. The average Bonchev–Trinajstić information content (AvgIpc) is 3.82. The first-order valence-electron chi connectivity index (χ1n) is 13.4. The number of hydrogen-bond acceptors (Lipinski definition) is 4. The van der Waals surface area contributed by atoms with Gasteiger partial charge in [-0.05, 0) is 55.3 Å². The highest BCUT2D eigenvalue weighted by Crippen LogP contribution is 2.41. The molecular weight excluding hydrogens is 500 g/mol. The summed E-state index contributed by atoms with van der Waals surface area (Å²) in [4.78, 5) is 40.4. The summed E-state index contributed by atoms with van der Waals surface area (Å²) in [6.45, 7) is 10.8. The normalized spacial score (nSPS) is 19.2. The molecule has 3 aromatic rings. The van der Waals surface area contributed by atoms with Gasteiger partial charge in [-0.1, -0.05) is 0 Å². The molecular formula is C30H29F2N5O2. The summed E-state index contributed by atoms with van der Waals surface area (Å²) in [5.74, 6) is -0.621. The van der Waals surface area contributed by atoms with Gasteiger partial charge in [0.2, 0.25) is 5.91 Å². The summed E-state index contributed by atoms with van der Waals surface area (Å²) in [5.41, 5.74) is 1.60. The smallest absolute Gasteiger partial charge is 0.260 e. The summed E-state index contributed by atoms with van der Waals surface area (Å²) >= 11 is 0. The first kappa shape index (κ1) is 25.2. The molecule has 2 saturated heterocycles. The van der Waals surface area contributed by atoms with Crippen molar-refractivity contribution in [2.75, 3.05) is 44.2 Å². The Morgan fingerprint density at radius 2 is 1.54 bits per heavy atom. The van der Waals surface area contributed by atoms with Crippen molar-refractivity contribution >= 4 is 28.4 Å². The zero-order valence-electron chi connectivity index (χ0n) is 21.6. The largest absolute Gasteiger partial charge is 0.370 e. The molecule has 0 N–H and O–H groups in total. The van der Waals surface area contributed by atoms with Crippen LogP contribution in [-0.2, 0) is 10.3 Å². The van der Waals surface area contributed by atoms with Crippen molar-refractivity contribution in [2.24, 2.45) is 5.92 Å². The number of rotatable bonds is 4. The molecule has 1 saturated carbocycles. The number of benzene rings is 2. The van der Waals surface area contributed by atoms with E-state index in [0.29, 0.717) is 74.3 Å². The van der Waals surface area contributed by atoms with Crippen LogP contribution in [0.15, 0.2) is 48.7 Å².